The van der Waals surface area contributed by atoms with Crippen molar-refractivity contribution in [3.63, 3.8) is 0 Å². The Bertz CT molecular complexity index is 739. The van der Waals surface area contributed by atoms with Gasteiger partial charge in [-0.25, -0.2) is 0 Å². The minimum atomic E-state index is 0.252. The van der Waals surface area contributed by atoms with Gasteiger partial charge in [-0.05, 0) is 121 Å². The van der Waals surface area contributed by atoms with Crippen LogP contribution in [-0.2, 0) is 4.79 Å². The summed E-state index contributed by atoms with van der Waals surface area (Å²) < 4.78 is 0. The zero-order valence-corrected chi connectivity index (χ0v) is 21.7. The van der Waals surface area contributed by atoms with Crippen LogP contribution in [0.5, 0.6) is 0 Å². The molecule has 5 rings (SSSR count). The van der Waals surface area contributed by atoms with Gasteiger partial charge in [0.25, 0.3) is 0 Å². The summed E-state index contributed by atoms with van der Waals surface area (Å²) in [6.45, 7) is 18.3. The molecule has 0 spiro atoms. The van der Waals surface area contributed by atoms with Gasteiger partial charge in [-0.3, -0.25) is 0 Å². The first-order valence-electron chi connectivity index (χ1n) is 13.9. The van der Waals surface area contributed by atoms with Gasteiger partial charge in [0.05, 0.1) is 0 Å². The zero-order valence-electron chi connectivity index (χ0n) is 21.7. The lowest BCUT2D eigenvalue weighted by molar-refractivity contribution is -0.241. The van der Waals surface area contributed by atoms with Crippen molar-refractivity contribution in [3.8, 4) is 0 Å². The molecule has 5 fully saturated rings. The number of fused-ring (bicyclic) bond motifs is 7. The molecule has 0 saturated heterocycles. The van der Waals surface area contributed by atoms with Crippen LogP contribution < -0.4 is 0 Å². The lowest BCUT2D eigenvalue weighted by Crippen LogP contribution is -2.65. The molecule has 0 bridgehead atoms. The number of aldehydes is 1. The molecule has 10 atom stereocenters. The van der Waals surface area contributed by atoms with Crippen molar-refractivity contribution in [1.29, 1.82) is 0 Å². The average molecular weight is 427 g/mol. The highest BCUT2D eigenvalue weighted by Gasteiger charge is 2.70. The standard InChI is InChI=1S/C30H50O/c1-20(19-31)21-11-16-27(4)22(21)12-17-29(6)24(27)9-10-25-28(5)15-8-14-26(2,3)23(28)13-18-30(25,29)7/h19-25H,8-18H2,1-7H3/t20-,21-,22+,23+,24-,25-,27+,28+,29-,30-/m1/s1. The fourth-order valence-corrected chi connectivity index (χ4v) is 12.1. The van der Waals surface area contributed by atoms with Crippen LogP contribution in [-0.4, -0.2) is 6.29 Å². The number of carbonyl (C=O) groups excluding carboxylic acids is 1. The van der Waals surface area contributed by atoms with E-state index in [9.17, 15) is 4.79 Å². The van der Waals surface area contributed by atoms with Crippen LogP contribution in [0.1, 0.15) is 119 Å². The van der Waals surface area contributed by atoms with E-state index in [2.05, 4.69) is 48.5 Å². The van der Waals surface area contributed by atoms with E-state index >= 15 is 0 Å². The highest BCUT2D eigenvalue weighted by molar-refractivity contribution is 5.53. The zero-order chi connectivity index (χ0) is 22.4. The Morgan fingerprint density at radius 3 is 1.94 bits per heavy atom. The van der Waals surface area contributed by atoms with Gasteiger partial charge in [-0.15, -0.1) is 0 Å². The Morgan fingerprint density at radius 2 is 1.29 bits per heavy atom. The van der Waals surface area contributed by atoms with Crippen molar-refractivity contribution in [2.75, 3.05) is 0 Å². The Balaban J connectivity index is 1.51. The van der Waals surface area contributed by atoms with Gasteiger partial charge in [-0.1, -0.05) is 54.9 Å². The van der Waals surface area contributed by atoms with Gasteiger partial charge >= 0.3 is 0 Å². The number of rotatable bonds is 2. The van der Waals surface area contributed by atoms with Gasteiger partial charge < -0.3 is 4.79 Å². The van der Waals surface area contributed by atoms with Crippen molar-refractivity contribution in [3.05, 3.63) is 0 Å². The molecule has 5 aliphatic carbocycles. The second-order valence-corrected chi connectivity index (χ2v) is 14.8. The van der Waals surface area contributed by atoms with Crippen molar-refractivity contribution in [2.24, 2.45) is 62.6 Å². The molecule has 0 N–H and O–H groups in total. The van der Waals surface area contributed by atoms with Crippen LogP contribution in [0, 0.1) is 62.6 Å². The third-order valence-corrected chi connectivity index (χ3v) is 13.7. The quantitative estimate of drug-likeness (QED) is 0.406. The van der Waals surface area contributed by atoms with Gasteiger partial charge in [0.2, 0.25) is 0 Å². The fraction of sp³-hybridized carbons (Fsp3) is 0.967. The molecule has 1 nitrogen and oxygen atoms in total. The van der Waals surface area contributed by atoms with Crippen LogP contribution in [0.3, 0.4) is 0 Å². The van der Waals surface area contributed by atoms with Crippen molar-refractivity contribution in [2.45, 2.75) is 119 Å². The van der Waals surface area contributed by atoms with E-state index in [0.717, 1.165) is 23.7 Å². The van der Waals surface area contributed by atoms with Crippen LogP contribution in [0.2, 0.25) is 0 Å². The van der Waals surface area contributed by atoms with Crippen molar-refractivity contribution < 1.29 is 4.79 Å². The van der Waals surface area contributed by atoms with Crippen molar-refractivity contribution >= 4 is 6.29 Å². The first-order valence-corrected chi connectivity index (χ1v) is 13.9. The summed E-state index contributed by atoms with van der Waals surface area (Å²) in [4.78, 5) is 11.7. The molecule has 5 aliphatic rings. The third kappa shape index (κ3) is 2.70. The molecule has 0 aliphatic heterocycles. The topological polar surface area (TPSA) is 17.1 Å². The highest BCUT2D eigenvalue weighted by Crippen LogP contribution is 2.77. The average Bonchev–Trinajstić information content (AvgIpc) is 3.04. The largest absolute Gasteiger partial charge is 0.303 e. The van der Waals surface area contributed by atoms with Crippen LogP contribution in [0.4, 0.5) is 0 Å². The molecule has 0 aromatic carbocycles. The Hall–Kier alpha value is -0.330. The molecule has 0 radical (unpaired) electrons. The molecule has 31 heavy (non-hydrogen) atoms. The maximum absolute atomic E-state index is 11.7. The van der Waals surface area contributed by atoms with Crippen LogP contribution in [0.15, 0.2) is 0 Å². The van der Waals surface area contributed by atoms with E-state index in [4.69, 9.17) is 0 Å². The molecule has 1 heteroatoms. The summed E-state index contributed by atoms with van der Waals surface area (Å²) in [7, 11) is 0. The highest BCUT2D eigenvalue weighted by atomic mass is 16.1. The van der Waals surface area contributed by atoms with Crippen LogP contribution in [0.25, 0.3) is 0 Å². The molecular weight excluding hydrogens is 376 g/mol. The normalized spacial score (nSPS) is 56.5. The summed E-state index contributed by atoms with van der Waals surface area (Å²) in [5, 5.41) is 0. The first-order chi connectivity index (χ1) is 14.4. The summed E-state index contributed by atoms with van der Waals surface area (Å²) >= 11 is 0. The molecule has 5 saturated carbocycles. The van der Waals surface area contributed by atoms with Crippen molar-refractivity contribution in [1.82, 2.24) is 0 Å². The molecule has 0 heterocycles. The summed E-state index contributed by atoms with van der Waals surface area (Å²) in [6, 6.07) is 0. The summed E-state index contributed by atoms with van der Waals surface area (Å²) in [5.74, 6) is 4.37. The minimum absolute atomic E-state index is 0.252. The van der Waals surface area contributed by atoms with E-state index in [1.807, 2.05) is 0 Å². The molecule has 0 amide bonds. The smallest absolute Gasteiger partial charge is 0.123 e. The number of carbonyl (C=O) groups is 1. The van der Waals surface area contributed by atoms with Gasteiger partial charge in [0, 0.05) is 5.92 Å². The van der Waals surface area contributed by atoms with E-state index in [1.54, 1.807) is 0 Å². The third-order valence-electron chi connectivity index (χ3n) is 13.7. The molecule has 0 aromatic heterocycles. The van der Waals surface area contributed by atoms with Gasteiger partial charge in [-0.2, -0.15) is 0 Å². The maximum atomic E-state index is 11.7. The Kier molecular flexibility index (Phi) is 4.96. The maximum Gasteiger partial charge on any atom is 0.123 e. The molecular formula is C30H50O. The van der Waals surface area contributed by atoms with Gasteiger partial charge in [0.1, 0.15) is 6.29 Å². The second-order valence-electron chi connectivity index (χ2n) is 14.8. The Morgan fingerprint density at radius 1 is 0.677 bits per heavy atom. The fourth-order valence-electron chi connectivity index (χ4n) is 12.1. The lowest BCUT2D eigenvalue weighted by atomic mass is 9.32. The SMILES string of the molecule is C[C@H](C=O)[C@H]1CC[C@]2(C)[C@H]3CC[C@@H]4[C@@]5(C)CCCC(C)(C)[C@@H]5CC[C@@]4(C)[C@]3(C)CC[C@@H]12. The molecule has 0 unspecified atom stereocenters. The Labute approximate surface area is 192 Å². The summed E-state index contributed by atoms with van der Waals surface area (Å²) in [5.41, 5.74) is 2.52. The predicted molar refractivity (Wildman–Crippen MR) is 130 cm³/mol. The molecule has 0 aromatic rings. The lowest BCUT2D eigenvalue weighted by Gasteiger charge is -2.73. The predicted octanol–water partition coefficient (Wildman–Crippen LogP) is 8.31. The molecule has 176 valence electrons. The van der Waals surface area contributed by atoms with E-state index in [1.165, 1.54) is 76.9 Å². The van der Waals surface area contributed by atoms with E-state index in [0.29, 0.717) is 33.0 Å². The van der Waals surface area contributed by atoms with E-state index in [-0.39, 0.29) is 5.92 Å². The van der Waals surface area contributed by atoms with Gasteiger partial charge in [0.15, 0.2) is 0 Å². The first kappa shape index (κ1) is 22.5. The van der Waals surface area contributed by atoms with E-state index < -0.39 is 0 Å². The monoisotopic (exact) mass is 426 g/mol. The second kappa shape index (κ2) is 6.85. The van der Waals surface area contributed by atoms with Crippen LogP contribution >= 0.6 is 0 Å². The number of hydrogen-bond donors (Lipinski definition) is 0. The minimum Gasteiger partial charge on any atom is -0.303 e. The summed E-state index contributed by atoms with van der Waals surface area (Å²) in [6.07, 6.45) is 16.9. The number of hydrogen-bond acceptors (Lipinski definition) is 1.